The van der Waals surface area contributed by atoms with Crippen molar-refractivity contribution in [1.29, 1.82) is 0 Å². The summed E-state index contributed by atoms with van der Waals surface area (Å²) in [7, 11) is 0. The number of amides is 1. The molecular formula is C17H16BrNO3. The number of rotatable bonds is 2. The van der Waals surface area contributed by atoms with Gasteiger partial charge in [-0.3, -0.25) is 9.59 Å². The Hall–Kier alpha value is -1.88. The molecular weight excluding hydrogens is 346 g/mol. The van der Waals surface area contributed by atoms with E-state index in [4.69, 9.17) is 5.11 Å². The van der Waals surface area contributed by atoms with E-state index < -0.39 is 11.9 Å². The number of carbonyl (C=O) groups is 2. The lowest BCUT2D eigenvalue weighted by atomic mass is 9.97. The van der Waals surface area contributed by atoms with Crippen molar-refractivity contribution in [3.05, 3.63) is 46.4 Å². The molecule has 1 aliphatic heterocycles. The summed E-state index contributed by atoms with van der Waals surface area (Å²) in [5.41, 5.74) is 0.612. The molecule has 1 heterocycles. The van der Waals surface area contributed by atoms with Crippen molar-refractivity contribution in [2.45, 2.75) is 12.8 Å². The monoisotopic (exact) mass is 361 g/mol. The third-order valence-corrected chi connectivity index (χ3v) is 4.60. The Morgan fingerprint density at radius 3 is 2.64 bits per heavy atom. The highest BCUT2D eigenvalue weighted by Crippen LogP contribution is 2.23. The van der Waals surface area contributed by atoms with E-state index >= 15 is 0 Å². The van der Waals surface area contributed by atoms with Crippen molar-refractivity contribution in [1.82, 2.24) is 4.90 Å². The van der Waals surface area contributed by atoms with Gasteiger partial charge in [-0.05, 0) is 47.9 Å². The van der Waals surface area contributed by atoms with Gasteiger partial charge in [0.15, 0.2) is 0 Å². The van der Waals surface area contributed by atoms with Gasteiger partial charge >= 0.3 is 5.97 Å². The van der Waals surface area contributed by atoms with E-state index in [9.17, 15) is 9.59 Å². The van der Waals surface area contributed by atoms with Gasteiger partial charge in [-0.15, -0.1) is 0 Å². The maximum absolute atomic E-state index is 12.6. The second-order valence-corrected chi connectivity index (χ2v) is 6.55. The Bertz CT molecular complexity index is 744. The number of carboxylic acids is 1. The van der Waals surface area contributed by atoms with Gasteiger partial charge in [-0.2, -0.15) is 0 Å². The first-order chi connectivity index (χ1) is 10.5. The minimum absolute atomic E-state index is 0.0873. The molecule has 1 amide bonds. The molecule has 0 bridgehead atoms. The fourth-order valence-electron chi connectivity index (χ4n) is 2.90. The molecule has 1 aliphatic rings. The van der Waals surface area contributed by atoms with E-state index in [1.54, 1.807) is 4.90 Å². The maximum atomic E-state index is 12.6. The standard InChI is InChI=1S/C17H16BrNO3/c18-15-6-5-11-8-13(4-3-12(11)9-15)16(20)19-7-1-2-14(10-19)17(21)22/h3-6,8-9,14H,1-2,7,10H2,(H,21,22). The summed E-state index contributed by atoms with van der Waals surface area (Å²) in [6.45, 7) is 0.924. The number of halogens is 1. The van der Waals surface area contributed by atoms with Gasteiger partial charge < -0.3 is 10.0 Å². The number of benzene rings is 2. The highest BCUT2D eigenvalue weighted by atomic mass is 79.9. The maximum Gasteiger partial charge on any atom is 0.308 e. The summed E-state index contributed by atoms with van der Waals surface area (Å²) in [6.07, 6.45) is 1.38. The third kappa shape index (κ3) is 2.99. The third-order valence-electron chi connectivity index (χ3n) is 4.11. The topological polar surface area (TPSA) is 57.6 Å². The van der Waals surface area contributed by atoms with E-state index in [1.165, 1.54) is 0 Å². The van der Waals surface area contributed by atoms with Crippen molar-refractivity contribution < 1.29 is 14.7 Å². The summed E-state index contributed by atoms with van der Waals surface area (Å²) in [6, 6.07) is 11.5. The number of piperidine rings is 1. The molecule has 0 aliphatic carbocycles. The molecule has 0 saturated carbocycles. The van der Waals surface area contributed by atoms with Crippen LogP contribution in [0.15, 0.2) is 40.9 Å². The van der Waals surface area contributed by atoms with E-state index in [0.717, 1.165) is 21.7 Å². The van der Waals surface area contributed by atoms with Crippen LogP contribution in [-0.4, -0.2) is 35.0 Å². The SMILES string of the molecule is O=C(O)C1CCCN(C(=O)c2ccc3cc(Br)ccc3c2)C1. The van der Waals surface area contributed by atoms with Gasteiger partial charge in [0.05, 0.1) is 5.92 Å². The predicted molar refractivity (Wildman–Crippen MR) is 87.9 cm³/mol. The van der Waals surface area contributed by atoms with Crippen molar-refractivity contribution in [3.8, 4) is 0 Å². The quantitative estimate of drug-likeness (QED) is 0.889. The van der Waals surface area contributed by atoms with Crippen LogP contribution in [0.1, 0.15) is 23.2 Å². The van der Waals surface area contributed by atoms with E-state index in [2.05, 4.69) is 15.9 Å². The molecule has 4 nitrogen and oxygen atoms in total. The van der Waals surface area contributed by atoms with Crippen LogP contribution in [0.3, 0.4) is 0 Å². The number of hydrogen-bond donors (Lipinski definition) is 1. The number of hydrogen-bond acceptors (Lipinski definition) is 2. The van der Waals surface area contributed by atoms with Gasteiger partial charge in [0.2, 0.25) is 0 Å². The minimum Gasteiger partial charge on any atom is -0.481 e. The Balaban J connectivity index is 1.85. The van der Waals surface area contributed by atoms with Crippen LogP contribution in [0.25, 0.3) is 10.8 Å². The number of aliphatic carboxylic acids is 1. The van der Waals surface area contributed by atoms with Crippen LogP contribution in [-0.2, 0) is 4.79 Å². The number of carboxylic acid groups (broad SMARTS) is 1. The van der Waals surface area contributed by atoms with Crippen LogP contribution >= 0.6 is 15.9 Å². The smallest absolute Gasteiger partial charge is 0.308 e. The largest absolute Gasteiger partial charge is 0.481 e. The Labute approximate surface area is 136 Å². The zero-order valence-electron chi connectivity index (χ0n) is 12.0. The predicted octanol–water partition coefficient (Wildman–Crippen LogP) is 3.54. The first kappa shape index (κ1) is 15.0. The lowest BCUT2D eigenvalue weighted by molar-refractivity contribution is -0.143. The molecule has 1 atom stereocenters. The van der Waals surface area contributed by atoms with Crippen molar-refractivity contribution >= 4 is 38.6 Å². The van der Waals surface area contributed by atoms with Crippen LogP contribution in [0.2, 0.25) is 0 Å². The normalized spacial score (nSPS) is 18.4. The lowest BCUT2D eigenvalue weighted by Gasteiger charge is -2.30. The highest BCUT2D eigenvalue weighted by Gasteiger charge is 2.28. The van der Waals surface area contributed by atoms with Crippen LogP contribution in [0.5, 0.6) is 0 Å². The van der Waals surface area contributed by atoms with Crippen LogP contribution in [0.4, 0.5) is 0 Å². The first-order valence-corrected chi connectivity index (χ1v) is 8.05. The minimum atomic E-state index is -0.819. The summed E-state index contributed by atoms with van der Waals surface area (Å²) in [5, 5.41) is 11.2. The molecule has 2 aromatic carbocycles. The van der Waals surface area contributed by atoms with Crippen molar-refractivity contribution in [2.75, 3.05) is 13.1 Å². The van der Waals surface area contributed by atoms with Crippen LogP contribution < -0.4 is 0 Å². The molecule has 1 saturated heterocycles. The van der Waals surface area contributed by atoms with E-state index in [0.29, 0.717) is 25.1 Å². The number of fused-ring (bicyclic) bond motifs is 1. The Kier molecular flexibility index (Phi) is 4.16. The summed E-state index contributed by atoms with van der Waals surface area (Å²) in [4.78, 5) is 25.4. The highest BCUT2D eigenvalue weighted by molar-refractivity contribution is 9.10. The molecule has 1 unspecified atom stereocenters. The van der Waals surface area contributed by atoms with Gasteiger partial charge in [0.1, 0.15) is 0 Å². The molecule has 5 heteroatoms. The molecule has 114 valence electrons. The zero-order chi connectivity index (χ0) is 15.7. The summed E-state index contributed by atoms with van der Waals surface area (Å²) < 4.78 is 0.999. The first-order valence-electron chi connectivity index (χ1n) is 7.26. The average molecular weight is 362 g/mol. The number of nitrogens with zero attached hydrogens (tertiary/aromatic N) is 1. The van der Waals surface area contributed by atoms with Crippen molar-refractivity contribution in [3.63, 3.8) is 0 Å². The number of likely N-dealkylation sites (tertiary alicyclic amines) is 1. The second kappa shape index (κ2) is 6.08. The molecule has 3 rings (SSSR count). The van der Waals surface area contributed by atoms with E-state index in [1.807, 2.05) is 36.4 Å². The fraction of sp³-hybridized carbons (Fsp3) is 0.294. The van der Waals surface area contributed by atoms with Crippen LogP contribution in [0, 0.1) is 5.92 Å². The Morgan fingerprint density at radius 2 is 1.86 bits per heavy atom. The van der Waals surface area contributed by atoms with Gasteiger partial charge in [-0.25, -0.2) is 0 Å². The van der Waals surface area contributed by atoms with Gasteiger partial charge in [0, 0.05) is 23.1 Å². The average Bonchev–Trinajstić information content (AvgIpc) is 2.53. The van der Waals surface area contributed by atoms with Gasteiger partial charge in [-0.1, -0.05) is 28.1 Å². The summed E-state index contributed by atoms with van der Waals surface area (Å²) in [5.74, 6) is -1.36. The molecule has 1 fully saturated rings. The Morgan fingerprint density at radius 1 is 1.14 bits per heavy atom. The molecule has 0 spiro atoms. The van der Waals surface area contributed by atoms with Gasteiger partial charge in [0.25, 0.3) is 5.91 Å². The summed E-state index contributed by atoms with van der Waals surface area (Å²) >= 11 is 3.43. The molecule has 2 aromatic rings. The molecule has 1 N–H and O–H groups in total. The molecule has 22 heavy (non-hydrogen) atoms. The molecule has 0 aromatic heterocycles. The molecule has 0 radical (unpaired) electrons. The van der Waals surface area contributed by atoms with Crippen molar-refractivity contribution in [2.24, 2.45) is 5.92 Å². The number of carbonyl (C=O) groups excluding carboxylic acids is 1. The lowest BCUT2D eigenvalue weighted by Crippen LogP contribution is -2.42. The van der Waals surface area contributed by atoms with E-state index in [-0.39, 0.29) is 5.91 Å². The second-order valence-electron chi connectivity index (χ2n) is 5.63. The fourth-order valence-corrected chi connectivity index (χ4v) is 3.27. The zero-order valence-corrected chi connectivity index (χ0v) is 13.5.